The average molecular weight is 216 g/mol. The molecule has 1 fully saturated rings. The highest BCUT2D eigenvalue weighted by Crippen LogP contribution is 2.33. The van der Waals surface area contributed by atoms with Crippen LogP contribution in [0.25, 0.3) is 0 Å². The Morgan fingerprint density at radius 3 is 2.73 bits per heavy atom. The standard InChI is InChI=1S/C10H14O5/c1-4-10(7(11)5-8(12)13)6-14-9(2,3)15-10/h1,7,11H,5-6H2,2-3H3,(H,12,13)/t7-,10+/m0/s1/i5D2. The van der Waals surface area contributed by atoms with Gasteiger partial charge in [-0.05, 0) is 13.8 Å². The maximum Gasteiger partial charge on any atom is 0.306 e. The van der Waals surface area contributed by atoms with Crippen LogP contribution in [0, 0.1) is 12.3 Å². The fourth-order valence-electron chi connectivity index (χ4n) is 1.30. The molecule has 0 amide bonds. The second kappa shape index (κ2) is 3.81. The number of aliphatic hydroxyl groups is 1. The van der Waals surface area contributed by atoms with Crippen LogP contribution in [0.4, 0.5) is 0 Å². The van der Waals surface area contributed by atoms with Crippen molar-refractivity contribution in [3.05, 3.63) is 0 Å². The van der Waals surface area contributed by atoms with Crippen LogP contribution >= 0.6 is 0 Å². The van der Waals surface area contributed by atoms with Gasteiger partial charge in [-0.3, -0.25) is 4.79 Å². The molecule has 1 saturated heterocycles. The lowest BCUT2D eigenvalue weighted by molar-refractivity contribution is -0.172. The predicted molar refractivity (Wildman–Crippen MR) is 50.9 cm³/mol. The Labute approximate surface area is 90.8 Å². The third-order valence-electron chi connectivity index (χ3n) is 2.01. The maximum atomic E-state index is 10.7. The molecule has 0 radical (unpaired) electrons. The summed E-state index contributed by atoms with van der Waals surface area (Å²) in [6.45, 7) is 2.80. The maximum absolute atomic E-state index is 10.7. The molecule has 1 rings (SSSR count). The van der Waals surface area contributed by atoms with Gasteiger partial charge in [-0.15, -0.1) is 6.42 Å². The minimum absolute atomic E-state index is 0.273. The van der Waals surface area contributed by atoms with Gasteiger partial charge in [0.25, 0.3) is 0 Å². The largest absolute Gasteiger partial charge is 0.481 e. The molecule has 0 aliphatic carbocycles. The van der Waals surface area contributed by atoms with Crippen molar-refractivity contribution < 1.29 is 27.2 Å². The van der Waals surface area contributed by atoms with E-state index in [0.29, 0.717) is 0 Å². The second-order valence-electron chi connectivity index (χ2n) is 3.68. The fraction of sp³-hybridized carbons (Fsp3) is 0.700. The zero-order chi connectivity index (χ0) is 13.5. The molecule has 5 heteroatoms. The zero-order valence-electron chi connectivity index (χ0n) is 10.5. The molecule has 2 atom stereocenters. The average Bonchev–Trinajstić information content (AvgIpc) is 2.54. The summed E-state index contributed by atoms with van der Waals surface area (Å²) in [6.07, 6.45) is 0.264. The number of carboxylic acids is 1. The van der Waals surface area contributed by atoms with E-state index < -0.39 is 29.8 Å². The van der Waals surface area contributed by atoms with Crippen molar-refractivity contribution in [2.75, 3.05) is 6.61 Å². The normalized spacial score (nSPS) is 33.7. The van der Waals surface area contributed by atoms with Crippen molar-refractivity contribution in [3.63, 3.8) is 0 Å². The van der Waals surface area contributed by atoms with Gasteiger partial charge in [0.2, 0.25) is 0 Å². The molecule has 0 spiro atoms. The summed E-state index contributed by atoms with van der Waals surface area (Å²) in [4.78, 5) is 10.7. The SMILES string of the molecule is [2H]C([2H])(C(=O)O)[C@H](O)[C@@]1(C#C)COC(C)(C)O1. The Balaban J connectivity index is 3.06. The number of carbonyl (C=O) groups is 1. The van der Waals surface area contributed by atoms with E-state index in [1.54, 1.807) is 0 Å². The monoisotopic (exact) mass is 216 g/mol. The third kappa shape index (κ3) is 2.48. The summed E-state index contributed by atoms with van der Waals surface area (Å²) in [7, 11) is 0. The molecular formula is C10H14O5. The van der Waals surface area contributed by atoms with Crippen LogP contribution in [-0.4, -0.2) is 40.3 Å². The van der Waals surface area contributed by atoms with E-state index in [9.17, 15) is 9.90 Å². The first-order chi connectivity index (χ1) is 7.57. The first kappa shape index (κ1) is 9.16. The lowest BCUT2D eigenvalue weighted by Gasteiger charge is -2.27. The summed E-state index contributed by atoms with van der Waals surface area (Å²) in [6, 6.07) is 0. The van der Waals surface area contributed by atoms with Crippen molar-refractivity contribution in [2.24, 2.45) is 0 Å². The quantitative estimate of drug-likeness (QED) is 0.648. The molecule has 1 aliphatic heterocycles. The van der Waals surface area contributed by atoms with Crippen LogP contribution in [0.3, 0.4) is 0 Å². The molecular weight excluding hydrogens is 200 g/mol. The number of terminal acetylenes is 1. The Morgan fingerprint density at radius 2 is 2.40 bits per heavy atom. The van der Waals surface area contributed by atoms with E-state index in [2.05, 4.69) is 5.92 Å². The van der Waals surface area contributed by atoms with E-state index in [0.717, 1.165) is 0 Å². The molecule has 15 heavy (non-hydrogen) atoms. The van der Waals surface area contributed by atoms with Gasteiger partial charge in [0.05, 0.1) is 13.0 Å². The minimum Gasteiger partial charge on any atom is -0.481 e. The van der Waals surface area contributed by atoms with Gasteiger partial charge in [0.1, 0.15) is 6.10 Å². The first-order valence-corrected chi connectivity index (χ1v) is 4.31. The highest BCUT2D eigenvalue weighted by Gasteiger charge is 2.49. The van der Waals surface area contributed by atoms with Gasteiger partial charge in [-0.2, -0.15) is 0 Å². The number of ether oxygens (including phenoxy) is 2. The topological polar surface area (TPSA) is 76.0 Å². The molecule has 0 bridgehead atoms. The smallest absolute Gasteiger partial charge is 0.306 e. The predicted octanol–water partition coefficient (Wildman–Crippen LogP) is -0.0231. The number of hydrogen-bond acceptors (Lipinski definition) is 4. The molecule has 1 aliphatic rings. The van der Waals surface area contributed by atoms with Crippen molar-refractivity contribution in [1.29, 1.82) is 0 Å². The van der Waals surface area contributed by atoms with Gasteiger partial charge in [0.15, 0.2) is 11.4 Å². The van der Waals surface area contributed by atoms with E-state index in [4.69, 9.17) is 23.7 Å². The summed E-state index contributed by atoms with van der Waals surface area (Å²) >= 11 is 0. The van der Waals surface area contributed by atoms with Crippen LogP contribution in [0.2, 0.25) is 0 Å². The third-order valence-corrected chi connectivity index (χ3v) is 2.01. The van der Waals surface area contributed by atoms with Crippen molar-refractivity contribution in [3.8, 4) is 12.3 Å². The van der Waals surface area contributed by atoms with Crippen molar-refractivity contribution in [2.45, 2.75) is 37.7 Å². The Kier molecular flexibility index (Phi) is 2.33. The molecule has 0 unspecified atom stereocenters. The van der Waals surface area contributed by atoms with Gasteiger partial charge in [-0.25, -0.2) is 0 Å². The number of rotatable bonds is 3. The Hall–Kier alpha value is -1.09. The number of aliphatic hydroxyl groups excluding tert-OH is 1. The van der Waals surface area contributed by atoms with E-state index in [-0.39, 0.29) is 6.61 Å². The van der Waals surface area contributed by atoms with Crippen LogP contribution in [0.1, 0.15) is 23.0 Å². The molecule has 0 aromatic heterocycles. The van der Waals surface area contributed by atoms with E-state index in [1.807, 2.05) is 0 Å². The van der Waals surface area contributed by atoms with Crippen LogP contribution in [0.5, 0.6) is 0 Å². The summed E-state index contributed by atoms with van der Waals surface area (Å²) in [5.41, 5.74) is -1.80. The fourth-order valence-corrected chi connectivity index (χ4v) is 1.30. The van der Waals surface area contributed by atoms with Gasteiger partial charge >= 0.3 is 5.97 Å². The van der Waals surface area contributed by atoms with Gasteiger partial charge in [-0.1, -0.05) is 5.92 Å². The van der Waals surface area contributed by atoms with Gasteiger partial charge < -0.3 is 19.7 Å². The number of carboxylic acid groups (broad SMARTS) is 1. The summed E-state index contributed by atoms with van der Waals surface area (Å²) in [5, 5.41) is 18.5. The molecule has 0 saturated carbocycles. The zero-order valence-corrected chi connectivity index (χ0v) is 8.48. The van der Waals surface area contributed by atoms with Crippen molar-refractivity contribution >= 4 is 5.97 Å². The summed E-state index contributed by atoms with van der Waals surface area (Å²) < 4.78 is 25.0. The van der Waals surface area contributed by atoms with E-state index >= 15 is 0 Å². The first-order valence-electron chi connectivity index (χ1n) is 5.31. The van der Waals surface area contributed by atoms with Gasteiger partial charge in [0, 0.05) is 2.74 Å². The molecule has 0 aromatic rings. The highest BCUT2D eigenvalue weighted by molar-refractivity contribution is 5.67. The number of hydrogen-bond donors (Lipinski definition) is 2. The Morgan fingerprint density at radius 1 is 1.80 bits per heavy atom. The van der Waals surface area contributed by atoms with E-state index in [1.165, 1.54) is 13.8 Å². The van der Waals surface area contributed by atoms with Crippen LogP contribution in [0.15, 0.2) is 0 Å². The van der Waals surface area contributed by atoms with Crippen molar-refractivity contribution in [1.82, 2.24) is 0 Å². The lowest BCUT2D eigenvalue weighted by atomic mass is 9.96. The summed E-state index contributed by atoms with van der Waals surface area (Å²) in [5.74, 6) is -0.814. The van der Waals surface area contributed by atoms with Crippen LogP contribution in [-0.2, 0) is 14.3 Å². The molecule has 5 nitrogen and oxygen atoms in total. The minimum atomic E-state index is -2.92. The highest BCUT2D eigenvalue weighted by atomic mass is 16.8. The lowest BCUT2D eigenvalue weighted by Crippen LogP contribution is -2.45. The Bertz CT molecular complexity index is 373. The second-order valence-corrected chi connectivity index (χ2v) is 3.68. The molecule has 0 aromatic carbocycles. The number of aliphatic carboxylic acids is 1. The molecule has 84 valence electrons. The molecule has 2 N–H and O–H groups in total. The van der Waals surface area contributed by atoms with Crippen LogP contribution < -0.4 is 0 Å². The molecule has 1 heterocycles.